The fraction of sp³-hybridized carbons (Fsp3) is 0.600. The summed E-state index contributed by atoms with van der Waals surface area (Å²) in [4.78, 5) is 25.4. The van der Waals surface area contributed by atoms with Crippen molar-refractivity contribution in [2.75, 3.05) is 13.1 Å². The molecular formula is C15H22N2O3. The standard InChI is InChI=1S/C15H22N2O3/c1-4-17-10(2)8-13(11(17)3)14(18)16-7-5-6-12(9-16)15(19)20/h8,12H,4-7,9H2,1-3H3,(H,19,20)/t12-/m0/s1. The van der Waals surface area contributed by atoms with E-state index in [2.05, 4.69) is 11.5 Å². The van der Waals surface area contributed by atoms with Gasteiger partial charge in [0.15, 0.2) is 0 Å². The third-order valence-electron chi connectivity index (χ3n) is 4.18. The van der Waals surface area contributed by atoms with Gasteiger partial charge in [0.2, 0.25) is 0 Å². The first-order chi connectivity index (χ1) is 9.45. The van der Waals surface area contributed by atoms with E-state index in [0.29, 0.717) is 25.1 Å². The molecule has 0 aromatic carbocycles. The van der Waals surface area contributed by atoms with Gasteiger partial charge in [-0.15, -0.1) is 0 Å². The number of rotatable bonds is 3. The molecule has 1 amide bonds. The summed E-state index contributed by atoms with van der Waals surface area (Å²) in [5.74, 6) is -1.27. The van der Waals surface area contributed by atoms with Crippen LogP contribution in [-0.4, -0.2) is 39.5 Å². The van der Waals surface area contributed by atoms with Gasteiger partial charge in [-0.1, -0.05) is 0 Å². The highest BCUT2D eigenvalue weighted by Crippen LogP contribution is 2.22. The number of hydrogen-bond acceptors (Lipinski definition) is 2. The maximum Gasteiger partial charge on any atom is 0.308 e. The van der Waals surface area contributed by atoms with Crippen LogP contribution in [0.2, 0.25) is 0 Å². The molecule has 0 unspecified atom stereocenters. The van der Waals surface area contributed by atoms with Crippen LogP contribution in [0.1, 0.15) is 41.5 Å². The van der Waals surface area contributed by atoms with Gasteiger partial charge < -0.3 is 14.6 Å². The van der Waals surface area contributed by atoms with Crippen molar-refractivity contribution < 1.29 is 14.7 Å². The third-order valence-corrected chi connectivity index (χ3v) is 4.18. The van der Waals surface area contributed by atoms with Gasteiger partial charge >= 0.3 is 5.97 Å². The Morgan fingerprint density at radius 3 is 2.65 bits per heavy atom. The second kappa shape index (κ2) is 5.69. The van der Waals surface area contributed by atoms with Crippen molar-refractivity contribution >= 4 is 11.9 Å². The Morgan fingerprint density at radius 1 is 1.40 bits per heavy atom. The summed E-state index contributed by atoms with van der Waals surface area (Å²) >= 11 is 0. The fourth-order valence-electron chi connectivity index (χ4n) is 3.04. The molecule has 1 aliphatic heterocycles. The predicted octanol–water partition coefficient (Wildman–Crippen LogP) is 2.06. The highest BCUT2D eigenvalue weighted by Gasteiger charge is 2.29. The van der Waals surface area contributed by atoms with Crippen LogP contribution in [0, 0.1) is 19.8 Å². The topological polar surface area (TPSA) is 62.5 Å². The number of likely N-dealkylation sites (tertiary alicyclic amines) is 1. The largest absolute Gasteiger partial charge is 0.481 e. The van der Waals surface area contributed by atoms with Gasteiger partial charge in [-0.05, 0) is 39.7 Å². The second-order valence-electron chi connectivity index (χ2n) is 5.46. The van der Waals surface area contributed by atoms with E-state index in [1.807, 2.05) is 19.9 Å². The zero-order chi connectivity index (χ0) is 14.9. The minimum Gasteiger partial charge on any atom is -0.481 e. The normalized spacial score (nSPS) is 19.1. The lowest BCUT2D eigenvalue weighted by molar-refractivity contribution is -0.143. The summed E-state index contributed by atoms with van der Waals surface area (Å²) in [5, 5.41) is 9.11. The molecule has 0 aliphatic carbocycles. The second-order valence-corrected chi connectivity index (χ2v) is 5.46. The number of carbonyl (C=O) groups excluding carboxylic acids is 1. The summed E-state index contributed by atoms with van der Waals surface area (Å²) in [7, 11) is 0. The number of amides is 1. The van der Waals surface area contributed by atoms with Crippen molar-refractivity contribution in [1.29, 1.82) is 0 Å². The fourth-order valence-corrected chi connectivity index (χ4v) is 3.04. The lowest BCUT2D eigenvalue weighted by atomic mass is 9.97. The van der Waals surface area contributed by atoms with Crippen molar-refractivity contribution in [1.82, 2.24) is 9.47 Å². The average molecular weight is 278 g/mol. The number of carbonyl (C=O) groups is 2. The minimum atomic E-state index is -0.804. The van der Waals surface area contributed by atoms with Crippen LogP contribution in [0.15, 0.2) is 6.07 Å². The third kappa shape index (κ3) is 2.57. The molecule has 1 atom stereocenters. The van der Waals surface area contributed by atoms with Gasteiger partial charge in [-0.25, -0.2) is 0 Å². The molecular weight excluding hydrogens is 256 g/mol. The Morgan fingerprint density at radius 2 is 2.10 bits per heavy atom. The molecule has 0 saturated carbocycles. The number of piperidine rings is 1. The Labute approximate surface area is 119 Å². The van der Waals surface area contributed by atoms with Crippen molar-refractivity contribution in [3.8, 4) is 0 Å². The van der Waals surface area contributed by atoms with Crippen LogP contribution in [0.5, 0.6) is 0 Å². The molecule has 20 heavy (non-hydrogen) atoms. The minimum absolute atomic E-state index is 0.0382. The summed E-state index contributed by atoms with van der Waals surface area (Å²) in [6.45, 7) is 7.80. The quantitative estimate of drug-likeness (QED) is 0.920. The highest BCUT2D eigenvalue weighted by molar-refractivity contribution is 5.96. The summed E-state index contributed by atoms with van der Waals surface area (Å²) in [6, 6.07) is 1.91. The van der Waals surface area contributed by atoms with E-state index < -0.39 is 11.9 Å². The first kappa shape index (κ1) is 14.6. The van der Waals surface area contributed by atoms with Crippen LogP contribution >= 0.6 is 0 Å². The molecule has 110 valence electrons. The molecule has 1 N–H and O–H groups in total. The number of hydrogen-bond donors (Lipinski definition) is 1. The molecule has 2 heterocycles. The van der Waals surface area contributed by atoms with Gasteiger partial charge in [0.25, 0.3) is 5.91 Å². The summed E-state index contributed by atoms with van der Waals surface area (Å²) in [6.07, 6.45) is 1.42. The summed E-state index contributed by atoms with van der Waals surface area (Å²) < 4.78 is 2.10. The van der Waals surface area contributed by atoms with Crippen molar-refractivity contribution in [2.45, 2.75) is 40.2 Å². The van der Waals surface area contributed by atoms with Gasteiger partial charge in [-0.2, -0.15) is 0 Å². The van der Waals surface area contributed by atoms with E-state index in [4.69, 9.17) is 5.11 Å². The van der Waals surface area contributed by atoms with Crippen LogP contribution in [0.25, 0.3) is 0 Å². The molecule has 5 nitrogen and oxygen atoms in total. The zero-order valence-electron chi connectivity index (χ0n) is 12.3. The Bertz CT molecular complexity index is 533. The Hall–Kier alpha value is -1.78. The van der Waals surface area contributed by atoms with Gasteiger partial charge in [0.1, 0.15) is 0 Å². The lowest BCUT2D eigenvalue weighted by Crippen LogP contribution is -2.42. The van der Waals surface area contributed by atoms with Crippen LogP contribution in [0.3, 0.4) is 0 Å². The number of aryl methyl sites for hydroxylation is 1. The van der Waals surface area contributed by atoms with Gasteiger partial charge in [0, 0.05) is 31.0 Å². The van der Waals surface area contributed by atoms with Crippen LogP contribution in [0.4, 0.5) is 0 Å². The predicted molar refractivity (Wildman–Crippen MR) is 75.8 cm³/mol. The molecule has 2 rings (SSSR count). The molecule has 1 saturated heterocycles. The van der Waals surface area contributed by atoms with Gasteiger partial charge in [0.05, 0.1) is 11.5 Å². The van der Waals surface area contributed by atoms with E-state index >= 15 is 0 Å². The molecule has 0 bridgehead atoms. The first-order valence-corrected chi connectivity index (χ1v) is 7.14. The van der Waals surface area contributed by atoms with Crippen molar-refractivity contribution in [3.63, 3.8) is 0 Å². The van der Waals surface area contributed by atoms with Gasteiger partial charge in [-0.3, -0.25) is 9.59 Å². The summed E-state index contributed by atoms with van der Waals surface area (Å²) in [5.41, 5.74) is 2.74. The van der Waals surface area contributed by atoms with E-state index in [1.165, 1.54) is 0 Å². The molecule has 5 heteroatoms. The van der Waals surface area contributed by atoms with E-state index in [-0.39, 0.29) is 5.91 Å². The molecule has 1 aliphatic rings. The van der Waals surface area contributed by atoms with Crippen molar-refractivity contribution in [2.24, 2.45) is 5.92 Å². The van der Waals surface area contributed by atoms with E-state index in [0.717, 1.165) is 24.4 Å². The Kier molecular flexibility index (Phi) is 4.16. The molecule has 0 spiro atoms. The number of aromatic nitrogens is 1. The number of nitrogens with zero attached hydrogens (tertiary/aromatic N) is 2. The molecule has 1 fully saturated rings. The first-order valence-electron chi connectivity index (χ1n) is 7.14. The Balaban J connectivity index is 2.21. The highest BCUT2D eigenvalue weighted by atomic mass is 16.4. The molecule has 1 aromatic rings. The maximum absolute atomic E-state index is 12.6. The number of carboxylic acids is 1. The number of aliphatic carboxylic acids is 1. The molecule has 0 radical (unpaired) electrons. The van der Waals surface area contributed by atoms with E-state index in [9.17, 15) is 9.59 Å². The van der Waals surface area contributed by atoms with Crippen LogP contribution in [-0.2, 0) is 11.3 Å². The maximum atomic E-state index is 12.6. The molecule has 1 aromatic heterocycles. The lowest BCUT2D eigenvalue weighted by Gasteiger charge is -2.30. The van der Waals surface area contributed by atoms with Crippen LogP contribution < -0.4 is 0 Å². The smallest absolute Gasteiger partial charge is 0.308 e. The zero-order valence-corrected chi connectivity index (χ0v) is 12.3. The SMILES string of the molecule is CCn1c(C)cc(C(=O)N2CCC[C@H](C(=O)O)C2)c1C. The monoisotopic (exact) mass is 278 g/mol. The average Bonchev–Trinajstić information content (AvgIpc) is 2.72. The number of carboxylic acid groups (broad SMARTS) is 1. The van der Waals surface area contributed by atoms with E-state index in [1.54, 1.807) is 4.90 Å². The van der Waals surface area contributed by atoms with Crippen molar-refractivity contribution in [3.05, 3.63) is 23.0 Å².